The van der Waals surface area contributed by atoms with Gasteiger partial charge in [0.15, 0.2) is 0 Å². The number of anilines is 1. The van der Waals surface area contributed by atoms with Gasteiger partial charge in [0, 0.05) is 5.69 Å². The second-order valence-electron chi connectivity index (χ2n) is 7.18. The van der Waals surface area contributed by atoms with Crippen LogP contribution in [0.5, 0.6) is 0 Å². The van der Waals surface area contributed by atoms with Crippen LogP contribution in [0.2, 0.25) is 0 Å². The first kappa shape index (κ1) is 17.8. The maximum Gasteiger partial charge on any atom is 0.0384 e. The second-order valence-corrected chi connectivity index (χ2v) is 7.18. The number of hydrogen-bond acceptors (Lipinski definition) is 1. The van der Waals surface area contributed by atoms with Crippen molar-refractivity contribution in [3.05, 3.63) is 40.5 Å². The van der Waals surface area contributed by atoms with Crippen LogP contribution in [0.4, 0.5) is 5.69 Å². The molecule has 0 saturated heterocycles. The van der Waals surface area contributed by atoms with Crippen molar-refractivity contribution in [2.24, 2.45) is 0 Å². The maximum absolute atomic E-state index is 6.38. The third-order valence-electron chi connectivity index (χ3n) is 4.23. The van der Waals surface area contributed by atoms with Gasteiger partial charge in [-0.05, 0) is 61.1 Å². The molecule has 0 saturated carbocycles. The van der Waals surface area contributed by atoms with Gasteiger partial charge in [-0.2, -0.15) is 0 Å². The molecule has 1 heteroatoms. The largest absolute Gasteiger partial charge is 0.398 e. The van der Waals surface area contributed by atoms with Crippen LogP contribution in [-0.4, -0.2) is 0 Å². The minimum Gasteiger partial charge on any atom is -0.398 e. The van der Waals surface area contributed by atoms with Crippen LogP contribution < -0.4 is 5.73 Å². The standard InChI is InChI=1S/C20H33N/c1-13(2)9-8-10-16(7)17-11-18(14(3)4)20(21)19(12-17)15(5)6/h9,11-12,14-16H,8,10,21H2,1-7H3/t16-/m1/s1. The van der Waals surface area contributed by atoms with Crippen LogP contribution in [-0.2, 0) is 0 Å². The van der Waals surface area contributed by atoms with E-state index in [1.807, 2.05) is 0 Å². The lowest BCUT2D eigenvalue weighted by Crippen LogP contribution is -2.06. The Hall–Kier alpha value is -1.24. The normalized spacial score (nSPS) is 12.8. The van der Waals surface area contributed by atoms with Crippen LogP contribution in [0.15, 0.2) is 23.8 Å². The number of allylic oxidation sites excluding steroid dienone is 2. The van der Waals surface area contributed by atoms with Crippen LogP contribution in [0.3, 0.4) is 0 Å². The molecule has 0 unspecified atom stereocenters. The molecule has 0 radical (unpaired) electrons. The van der Waals surface area contributed by atoms with Crippen LogP contribution in [0, 0.1) is 0 Å². The molecule has 1 rings (SSSR count). The van der Waals surface area contributed by atoms with Crippen molar-refractivity contribution in [3.8, 4) is 0 Å². The molecule has 0 aromatic heterocycles. The molecule has 1 atom stereocenters. The van der Waals surface area contributed by atoms with E-state index in [0.29, 0.717) is 17.8 Å². The van der Waals surface area contributed by atoms with Gasteiger partial charge in [0.25, 0.3) is 0 Å². The summed E-state index contributed by atoms with van der Waals surface area (Å²) < 4.78 is 0. The van der Waals surface area contributed by atoms with E-state index in [9.17, 15) is 0 Å². The fourth-order valence-corrected chi connectivity index (χ4v) is 2.75. The molecule has 1 aromatic carbocycles. The Morgan fingerprint density at radius 1 is 1.00 bits per heavy atom. The topological polar surface area (TPSA) is 26.0 Å². The predicted octanol–water partition coefficient (Wildman–Crippen LogP) is 6.37. The van der Waals surface area contributed by atoms with Gasteiger partial charge in [0.05, 0.1) is 0 Å². The number of hydrogen-bond donors (Lipinski definition) is 1. The zero-order chi connectivity index (χ0) is 16.2. The second kappa shape index (κ2) is 7.68. The molecule has 1 aromatic rings. The first-order valence-corrected chi connectivity index (χ1v) is 8.30. The molecular formula is C20H33N. The van der Waals surface area contributed by atoms with Crippen molar-refractivity contribution in [1.82, 2.24) is 0 Å². The lowest BCUT2D eigenvalue weighted by Gasteiger charge is -2.21. The molecule has 0 aliphatic heterocycles. The van der Waals surface area contributed by atoms with Gasteiger partial charge in [-0.1, -0.05) is 58.4 Å². The Morgan fingerprint density at radius 2 is 1.48 bits per heavy atom. The number of benzene rings is 1. The maximum atomic E-state index is 6.38. The monoisotopic (exact) mass is 287 g/mol. The van der Waals surface area contributed by atoms with Crippen molar-refractivity contribution >= 4 is 5.69 Å². The van der Waals surface area contributed by atoms with Gasteiger partial charge in [-0.25, -0.2) is 0 Å². The van der Waals surface area contributed by atoms with Gasteiger partial charge in [0.1, 0.15) is 0 Å². The van der Waals surface area contributed by atoms with Gasteiger partial charge in [-0.3, -0.25) is 0 Å². The summed E-state index contributed by atoms with van der Waals surface area (Å²) in [5.74, 6) is 1.54. The highest BCUT2D eigenvalue weighted by molar-refractivity contribution is 5.58. The lowest BCUT2D eigenvalue weighted by atomic mass is 9.86. The zero-order valence-corrected chi connectivity index (χ0v) is 15.0. The average molecular weight is 287 g/mol. The highest BCUT2D eigenvalue weighted by Gasteiger charge is 2.16. The van der Waals surface area contributed by atoms with E-state index < -0.39 is 0 Å². The summed E-state index contributed by atoms with van der Waals surface area (Å²) >= 11 is 0. The summed E-state index contributed by atoms with van der Waals surface area (Å²) in [6, 6.07) is 4.66. The van der Waals surface area contributed by atoms with Crippen molar-refractivity contribution in [1.29, 1.82) is 0 Å². The summed E-state index contributed by atoms with van der Waals surface area (Å²) in [7, 11) is 0. The third kappa shape index (κ3) is 4.91. The summed E-state index contributed by atoms with van der Waals surface area (Å²) in [4.78, 5) is 0. The van der Waals surface area contributed by atoms with E-state index in [0.717, 1.165) is 12.1 Å². The molecule has 118 valence electrons. The highest BCUT2D eigenvalue weighted by Crippen LogP contribution is 2.34. The minimum atomic E-state index is 0.479. The molecule has 0 amide bonds. The fourth-order valence-electron chi connectivity index (χ4n) is 2.75. The first-order chi connectivity index (χ1) is 9.73. The van der Waals surface area contributed by atoms with Crippen molar-refractivity contribution in [3.63, 3.8) is 0 Å². The van der Waals surface area contributed by atoms with Crippen LogP contribution in [0.1, 0.15) is 95.8 Å². The molecule has 2 N–H and O–H groups in total. The van der Waals surface area contributed by atoms with Gasteiger partial charge < -0.3 is 5.73 Å². The SMILES string of the molecule is CC(C)=CCC[C@@H](C)c1cc(C(C)C)c(N)c(C(C)C)c1. The smallest absolute Gasteiger partial charge is 0.0384 e. The molecule has 0 aliphatic rings. The molecule has 0 heterocycles. The highest BCUT2D eigenvalue weighted by atomic mass is 14.6. The van der Waals surface area contributed by atoms with Crippen molar-refractivity contribution in [2.45, 2.75) is 79.1 Å². The van der Waals surface area contributed by atoms with E-state index in [1.165, 1.54) is 28.7 Å². The Labute approximate surface area is 131 Å². The molecule has 21 heavy (non-hydrogen) atoms. The van der Waals surface area contributed by atoms with Crippen LogP contribution >= 0.6 is 0 Å². The van der Waals surface area contributed by atoms with E-state index in [-0.39, 0.29) is 0 Å². The van der Waals surface area contributed by atoms with E-state index in [2.05, 4.69) is 66.7 Å². The first-order valence-electron chi connectivity index (χ1n) is 8.30. The summed E-state index contributed by atoms with van der Waals surface area (Å²) in [5, 5.41) is 0. The lowest BCUT2D eigenvalue weighted by molar-refractivity contribution is 0.683. The minimum absolute atomic E-state index is 0.479. The Balaban J connectivity index is 3.09. The molecule has 0 fully saturated rings. The Bertz CT molecular complexity index is 462. The molecular weight excluding hydrogens is 254 g/mol. The molecule has 0 spiro atoms. The van der Waals surface area contributed by atoms with Crippen LogP contribution in [0.25, 0.3) is 0 Å². The van der Waals surface area contributed by atoms with Gasteiger partial charge >= 0.3 is 0 Å². The summed E-state index contributed by atoms with van der Waals surface area (Å²) in [6.45, 7) is 15.6. The summed E-state index contributed by atoms with van der Waals surface area (Å²) in [5.41, 5.74) is 12.9. The van der Waals surface area contributed by atoms with Gasteiger partial charge in [-0.15, -0.1) is 0 Å². The predicted molar refractivity (Wildman–Crippen MR) is 96.1 cm³/mol. The van der Waals surface area contributed by atoms with Crippen molar-refractivity contribution in [2.75, 3.05) is 5.73 Å². The van der Waals surface area contributed by atoms with Gasteiger partial charge in [0.2, 0.25) is 0 Å². The van der Waals surface area contributed by atoms with E-state index in [4.69, 9.17) is 5.73 Å². The Kier molecular flexibility index (Phi) is 6.51. The molecule has 1 nitrogen and oxygen atoms in total. The fraction of sp³-hybridized carbons (Fsp3) is 0.600. The quantitative estimate of drug-likeness (QED) is 0.477. The zero-order valence-electron chi connectivity index (χ0n) is 15.0. The van der Waals surface area contributed by atoms with Crippen molar-refractivity contribution < 1.29 is 0 Å². The molecule has 0 bridgehead atoms. The Morgan fingerprint density at radius 3 is 1.86 bits per heavy atom. The summed E-state index contributed by atoms with van der Waals surface area (Å²) in [6.07, 6.45) is 4.69. The van der Waals surface area contributed by atoms with E-state index in [1.54, 1.807) is 0 Å². The number of nitrogens with two attached hydrogens (primary N) is 1. The number of nitrogen functional groups attached to an aromatic ring is 1. The van der Waals surface area contributed by atoms with E-state index >= 15 is 0 Å². The molecule has 0 aliphatic carbocycles. The number of rotatable bonds is 6. The third-order valence-corrected chi connectivity index (χ3v) is 4.23. The average Bonchev–Trinajstić information content (AvgIpc) is 2.37.